The molecule has 3 aromatic rings. The lowest BCUT2D eigenvalue weighted by atomic mass is 10.1. The van der Waals surface area contributed by atoms with Crippen molar-refractivity contribution in [2.45, 2.75) is 63.1 Å². The van der Waals surface area contributed by atoms with E-state index in [1.165, 1.54) is 13.1 Å². The molecule has 1 saturated heterocycles. The Labute approximate surface area is 229 Å². The Hall–Kier alpha value is -2.76. The normalized spacial score (nSPS) is 23.6. The van der Waals surface area contributed by atoms with Crippen LogP contribution in [0.2, 0.25) is 0 Å². The van der Waals surface area contributed by atoms with Gasteiger partial charge in [-0.15, -0.1) is 0 Å². The summed E-state index contributed by atoms with van der Waals surface area (Å²) in [7, 11) is -3.49. The van der Waals surface area contributed by atoms with Gasteiger partial charge in [0.25, 0.3) is 5.56 Å². The van der Waals surface area contributed by atoms with Crippen LogP contribution >= 0.6 is 0 Å². The maximum atomic E-state index is 13.6. The van der Waals surface area contributed by atoms with Crippen LogP contribution in [-0.2, 0) is 23.5 Å². The number of rotatable bonds is 11. The van der Waals surface area contributed by atoms with Gasteiger partial charge in [0, 0.05) is 36.0 Å². The Morgan fingerprint density at radius 3 is 3.03 bits per heavy atom. The number of ether oxygens (including phenoxy) is 1. The van der Waals surface area contributed by atoms with Gasteiger partial charge in [-0.2, -0.15) is 5.10 Å². The van der Waals surface area contributed by atoms with Gasteiger partial charge >= 0.3 is 0 Å². The summed E-state index contributed by atoms with van der Waals surface area (Å²) in [5.74, 6) is -0.198. The number of benzene rings is 1. The van der Waals surface area contributed by atoms with Gasteiger partial charge in [0.05, 0.1) is 22.8 Å². The minimum atomic E-state index is -4.88. The molecule has 0 saturated carbocycles. The van der Waals surface area contributed by atoms with Crippen LogP contribution in [0.15, 0.2) is 27.9 Å². The predicted octanol–water partition coefficient (Wildman–Crippen LogP) is 2.83. The molecular weight excluding hydrogens is 480 g/mol. The maximum Gasteiger partial charge on any atom is 0.277 e. The highest BCUT2D eigenvalue weighted by molar-refractivity contribution is 7.89. The second kappa shape index (κ2) is 11.1. The van der Waals surface area contributed by atoms with Crippen molar-refractivity contribution in [3.05, 3.63) is 34.2 Å². The SMILES string of the molecule is [2H]C([2H])([2H])N1CCCC1C([2H])([2H])C([2H])([2H])NS(=O)(=O)c1ccc(OCCC)c(-c2nc3c(CC([2H])([2H])C([2H])([2H])[2H])nn(C)c3c(=O)[nH]2)c1. The van der Waals surface area contributed by atoms with Crippen LogP contribution in [-0.4, -0.2) is 65.7 Å². The molecule has 3 heterocycles. The van der Waals surface area contributed by atoms with E-state index in [2.05, 4.69) is 15.1 Å². The minimum Gasteiger partial charge on any atom is -0.493 e. The number of nitrogens with one attached hydrogen (secondary N) is 2. The van der Waals surface area contributed by atoms with Gasteiger partial charge in [-0.3, -0.25) is 9.48 Å². The van der Waals surface area contributed by atoms with E-state index in [9.17, 15) is 13.2 Å². The number of sulfonamides is 1. The molecule has 2 aromatic heterocycles. The zero-order valence-corrected chi connectivity index (χ0v) is 20.7. The Bertz CT molecular complexity index is 1840. The van der Waals surface area contributed by atoms with Crippen molar-refractivity contribution in [2.24, 2.45) is 7.05 Å². The fraction of sp³-hybridized carbons (Fsp3) is 0.560. The van der Waals surface area contributed by atoms with E-state index in [4.69, 9.17) is 21.2 Å². The van der Waals surface area contributed by atoms with E-state index in [-0.39, 0.29) is 59.9 Å². The van der Waals surface area contributed by atoms with Gasteiger partial charge in [-0.25, -0.2) is 18.1 Å². The van der Waals surface area contributed by atoms with Crippen molar-refractivity contribution >= 4 is 21.1 Å². The molecule has 2 N–H and O–H groups in total. The number of likely N-dealkylation sites (tertiary alicyclic amines) is 1. The molecule has 0 amide bonds. The predicted molar refractivity (Wildman–Crippen MR) is 140 cm³/mol. The Kier molecular flexibility index (Phi) is 4.58. The molecule has 11 heteroatoms. The maximum absolute atomic E-state index is 13.6. The summed E-state index contributed by atoms with van der Waals surface area (Å²) in [5, 5.41) is 4.12. The third kappa shape index (κ3) is 5.47. The fourth-order valence-electron chi connectivity index (χ4n) is 3.93. The van der Waals surface area contributed by atoms with E-state index in [1.807, 2.05) is 6.92 Å². The molecule has 1 aliphatic heterocycles. The number of aromatic nitrogens is 4. The minimum absolute atomic E-state index is 0.0218. The molecule has 0 bridgehead atoms. The molecule has 1 aromatic carbocycles. The first-order valence-corrected chi connectivity index (χ1v) is 12.9. The van der Waals surface area contributed by atoms with E-state index >= 15 is 0 Å². The molecule has 0 spiro atoms. The lowest BCUT2D eigenvalue weighted by Gasteiger charge is -2.19. The van der Waals surface area contributed by atoms with E-state index in [0.717, 1.165) is 21.7 Å². The average Bonchev–Trinajstić information content (AvgIpc) is 3.56. The third-order valence-corrected chi connectivity index (χ3v) is 6.92. The van der Waals surface area contributed by atoms with Gasteiger partial charge in [0.2, 0.25) is 10.0 Å². The molecule has 10 nitrogen and oxygen atoms in total. The lowest BCUT2D eigenvalue weighted by molar-refractivity contribution is 0.297. The molecule has 1 atom stereocenters. The second-order valence-corrected chi connectivity index (χ2v) is 9.95. The monoisotopic (exact) mass is 528 g/mol. The summed E-state index contributed by atoms with van der Waals surface area (Å²) in [6, 6.07) is 1.86. The first-order valence-electron chi connectivity index (χ1n) is 17.4. The Morgan fingerprint density at radius 1 is 1.39 bits per heavy atom. The Morgan fingerprint density at radius 2 is 2.25 bits per heavy atom. The van der Waals surface area contributed by atoms with Gasteiger partial charge in [0.15, 0.2) is 5.52 Å². The van der Waals surface area contributed by atoms with Gasteiger partial charge < -0.3 is 14.6 Å². The number of hydrogen-bond donors (Lipinski definition) is 2. The fourth-order valence-corrected chi connectivity index (χ4v) is 4.76. The summed E-state index contributed by atoms with van der Waals surface area (Å²) in [6.07, 6.45) is -5.69. The zero-order valence-electron chi connectivity index (χ0n) is 31.9. The summed E-state index contributed by atoms with van der Waals surface area (Å²) < 4.78 is 132. The molecule has 196 valence electrons. The smallest absolute Gasteiger partial charge is 0.277 e. The van der Waals surface area contributed by atoms with Crippen molar-refractivity contribution in [3.63, 3.8) is 0 Å². The summed E-state index contributed by atoms with van der Waals surface area (Å²) in [5.41, 5.74) is -1.25. The van der Waals surface area contributed by atoms with Crippen LogP contribution in [0.5, 0.6) is 5.75 Å². The topological polar surface area (TPSA) is 122 Å². The number of fused-ring (bicyclic) bond motifs is 1. The van der Waals surface area contributed by atoms with Gasteiger partial charge in [-0.05, 0) is 63.8 Å². The number of aryl methyl sites for hydroxylation is 2. The summed E-state index contributed by atoms with van der Waals surface area (Å²) >= 11 is 0. The van der Waals surface area contributed by atoms with Crippen LogP contribution in [0, 0.1) is 0 Å². The van der Waals surface area contributed by atoms with Crippen molar-refractivity contribution < 1.29 is 29.6 Å². The molecule has 4 rings (SSSR count). The number of aromatic amines is 1. The molecule has 1 fully saturated rings. The van der Waals surface area contributed by atoms with Crippen molar-refractivity contribution in [3.8, 4) is 17.1 Å². The molecule has 1 unspecified atom stereocenters. The van der Waals surface area contributed by atoms with E-state index in [0.29, 0.717) is 6.42 Å². The quantitative estimate of drug-likeness (QED) is 0.392. The number of hydrogen-bond acceptors (Lipinski definition) is 7. The summed E-state index contributed by atoms with van der Waals surface area (Å²) in [6.45, 7) is -7.11. The number of H-pyrrole nitrogens is 1. The molecule has 0 aliphatic carbocycles. The van der Waals surface area contributed by atoms with Crippen molar-refractivity contribution in [1.29, 1.82) is 0 Å². The second-order valence-electron chi connectivity index (χ2n) is 8.27. The average molecular weight is 529 g/mol. The van der Waals surface area contributed by atoms with Crippen LogP contribution in [0.4, 0.5) is 0 Å². The van der Waals surface area contributed by atoms with Crippen LogP contribution < -0.4 is 15.0 Å². The summed E-state index contributed by atoms with van der Waals surface area (Å²) in [4.78, 5) is 20.4. The largest absolute Gasteiger partial charge is 0.493 e. The zero-order chi connectivity index (χ0) is 36.3. The van der Waals surface area contributed by atoms with Crippen molar-refractivity contribution in [1.82, 2.24) is 29.4 Å². The third-order valence-electron chi connectivity index (χ3n) is 5.67. The number of nitrogens with zero attached hydrogens (tertiary/aromatic N) is 4. The standard InChI is InChI=1S/C25H36N6O4S/c1-5-8-20-22-23(31(4)29-20)25(32)28-24(27-22)19-16-18(10-11-21(19)35-15-6-2)36(33,34)26-13-12-17-9-7-14-30(17)3/h10-11,16-17,26H,5-9,12-15H2,1-4H3,(H,27,28,32)/i1D3,3D3,5D2,12D2,13D2. The highest BCUT2D eigenvalue weighted by Crippen LogP contribution is 2.31. The lowest BCUT2D eigenvalue weighted by Crippen LogP contribution is -2.31. The molecule has 1 aliphatic rings. The first-order chi connectivity index (χ1) is 21.8. The van der Waals surface area contributed by atoms with Gasteiger partial charge in [-0.1, -0.05) is 20.1 Å². The highest BCUT2D eigenvalue weighted by Gasteiger charge is 2.23. The van der Waals surface area contributed by atoms with Crippen LogP contribution in [0.25, 0.3) is 22.4 Å². The van der Waals surface area contributed by atoms with Crippen LogP contribution in [0.1, 0.15) is 67.9 Å². The van der Waals surface area contributed by atoms with E-state index in [1.54, 1.807) is 4.72 Å². The Balaban J connectivity index is 1.81. The highest BCUT2D eigenvalue weighted by atomic mass is 32.2. The van der Waals surface area contributed by atoms with E-state index < -0.39 is 66.0 Å². The van der Waals surface area contributed by atoms with Crippen LogP contribution in [0.3, 0.4) is 0 Å². The molecule has 36 heavy (non-hydrogen) atoms. The molecular formula is C25H36N6O4S. The molecule has 0 radical (unpaired) electrons. The van der Waals surface area contributed by atoms with Crippen molar-refractivity contribution in [2.75, 3.05) is 26.6 Å². The first kappa shape index (κ1) is 14.8. The van der Waals surface area contributed by atoms with Gasteiger partial charge in [0.1, 0.15) is 17.1 Å².